The number of aromatic nitrogens is 1. The Morgan fingerprint density at radius 1 is 1.20 bits per heavy atom. The molecule has 0 unspecified atom stereocenters. The van der Waals surface area contributed by atoms with Crippen LogP contribution in [0.25, 0.3) is 20.8 Å². The maximum atomic E-state index is 5.94. The molecule has 20 heavy (non-hydrogen) atoms. The number of nitrogens with two attached hydrogens (primary N) is 1. The monoisotopic (exact) mass is 284 g/mol. The van der Waals surface area contributed by atoms with Crippen molar-refractivity contribution in [3.63, 3.8) is 0 Å². The molecule has 3 rings (SSSR count). The largest absolute Gasteiger partial charge is 0.491 e. The Labute approximate surface area is 122 Å². The Balaban J connectivity index is 2.00. The molecule has 0 bridgehead atoms. The van der Waals surface area contributed by atoms with E-state index < -0.39 is 0 Å². The highest BCUT2D eigenvalue weighted by Crippen LogP contribution is 2.33. The van der Waals surface area contributed by atoms with Crippen molar-refractivity contribution in [3.05, 3.63) is 42.5 Å². The van der Waals surface area contributed by atoms with Crippen LogP contribution < -0.4 is 10.5 Å². The van der Waals surface area contributed by atoms with Crippen molar-refractivity contribution in [1.29, 1.82) is 0 Å². The van der Waals surface area contributed by atoms with Crippen LogP contribution in [0.2, 0.25) is 0 Å². The van der Waals surface area contributed by atoms with Crippen LogP contribution in [-0.2, 0) is 0 Å². The van der Waals surface area contributed by atoms with Gasteiger partial charge >= 0.3 is 0 Å². The molecule has 0 aliphatic rings. The van der Waals surface area contributed by atoms with Crippen LogP contribution in [0, 0.1) is 0 Å². The van der Waals surface area contributed by atoms with E-state index in [0.717, 1.165) is 28.3 Å². The number of thiazole rings is 1. The highest BCUT2D eigenvalue weighted by atomic mass is 32.1. The molecule has 2 N–H and O–H groups in total. The minimum atomic E-state index is 0.670. The Morgan fingerprint density at radius 3 is 2.85 bits per heavy atom. The summed E-state index contributed by atoms with van der Waals surface area (Å²) in [5.41, 5.74) is 8.69. The fourth-order valence-corrected chi connectivity index (χ4v) is 2.96. The van der Waals surface area contributed by atoms with Crippen LogP contribution >= 0.6 is 11.3 Å². The van der Waals surface area contributed by atoms with Crippen LogP contribution in [0.3, 0.4) is 0 Å². The Bertz CT molecular complexity index is 703. The van der Waals surface area contributed by atoms with Crippen molar-refractivity contribution in [3.8, 4) is 16.3 Å². The predicted octanol–water partition coefficient (Wildman–Crippen LogP) is 4.33. The first-order chi connectivity index (χ1) is 9.78. The number of fused-ring (bicyclic) bond motifs is 1. The van der Waals surface area contributed by atoms with E-state index in [1.807, 2.05) is 36.4 Å². The van der Waals surface area contributed by atoms with Crippen molar-refractivity contribution in [2.45, 2.75) is 13.3 Å². The lowest BCUT2D eigenvalue weighted by Gasteiger charge is -2.08. The molecule has 0 saturated heterocycles. The zero-order valence-electron chi connectivity index (χ0n) is 11.3. The quantitative estimate of drug-likeness (QED) is 0.725. The van der Waals surface area contributed by atoms with E-state index in [2.05, 4.69) is 18.0 Å². The van der Waals surface area contributed by atoms with Gasteiger partial charge in [-0.25, -0.2) is 4.98 Å². The molecule has 0 aliphatic heterocycles. The topological polar surface area (TPSA) is 48.1 Å². The maximum Gasteiger partial charge on any atom is 0.142 e. The van der Waals surface area contributed by atoms with Gasteiger partial charge in [-0.1, -0.05) is 19.1 Å². The van der Waals surface area contributed by atoms with Crippen molar-refractivity contribution < 1.29 is 4.74 Å². The van der Waals surface area contributed by atoms with Gasteiger partial charge in [-0.05, 0) is 36.8 Å². The molecule has 0 spiro atoms. The molecule has 3 aromatic rings. The second-order valence-electron chi connectivity index (χ2n) is 4.59. The van der Waals surface area contributed by atoms with Gasteiger partial charge in [-0.2, -0.15) is 0 Å². The first-order valence-corrected chi connectivity index (χ1v) is 7.48. The van der Waals surface area contributed by atoms with Gasteiger partial charge in [0.2, 0.25) is 0 Å². The third-order valence-electron chi connectivity index (χ3n) is 3.02. The average Bonchev–Trinajstić information content (AvgIpc) is 2.90. The third-order valence-corrected chi connectivity index (χ3v) is 4.10. The zero-order chi connectivity index (χ0) is 13.9. The van der Waals surface area contributed by atoms with Crippen LogP contribution in [-0.4, -0.2) is 11.6 Å². The van der Waals surface area contributed by atoms with Crippen LogP contribution in [0.15, 0.2) is 42.5 Å². The fraction of sp³-hybridized carbons (Fsp3) is 0.188. The molecular weight excluding hydrogens is 268 g/mol. The smallest absolute Gasteiger partial charge is 0.142 e. The van der Waals surface area contributed by atoms with Gasteiger partial charge in [0.1, 0.15) is 10.8 Å². The number of nitrogens with zero attached hydrogens (tertiary/aromatic N) is 1. The van der Waals surface area contributed by atoms with Gasteiger partial charge in [-0.15, -0.1) is 11.3 Å². The van der Waals surface area contributed by atoms with E-state index in [1.54, 1.807) is 11.3 Å². The number of hydrogen-bond acceptors (Lipinski definition) is 4. The minimum absolute atomic E-state index is 0.670. The molecule has 1 aromatic heterocycles. The van der Waals surface area contributed by atoms with Gasteiger partial charge in [-0.3, -0.25) is 0 Å². The summed E-state index contributed by atoms with van der Waals surface area (Å²) < 4.78 is 6.86. The zero-order valence-corrected chi connectivity index (χ0v) is 12.1. The second-order valence-corrected chi connectivity index (χ2v) is 5.62. The lowest BCUT2D eigenvalue weighted by atomic mass is 10.2. The predicted molar refractivity (Wildman–Crippen MR) is 85.3 cm³/mol. The second kappa shape index (κ2) is 5.51. The lowest BCUT2D eigenvalue weighted by Crippen LogP contribution is -1.99. The molecule has 3 nitrogen and oxygen atoms in total. The molecule has 102 valence electrons. The third kappa shape index (κ3) is 2.47. The maximum absolute atomic E-state index is 5.94. The molecule has 1 heterocycles. The summed E-state index contributed by atoms with van der Waals surface area (Å²) in [7, 11) is 0. The molecular formula is C16H16N2OS. The van der Waals surface area contributed by atoms with E-state index in [-0.39, 0.29) is 0 Å². The van der Waals surface area contributed by atoms with Crippen LogP contribution in [0.4, 0.5) is 5.69 Å². The van der Waals surface area contributed by atoms with Crippen molar-refractivity contribution >= 4 is 27.2 Å². The summed E-state index contributed by atoms with van der Waals surface area (Å²) in [6.07, 6.45) is 0.963. The SMILES string of the molecule is CCCOc1cc(-c2nc3ccccc3s2)ccc1N. The van der Waals surface area contributed by atoms with E-state index >= 15 is 0 Å². The highest BCUT2D eigenvalue weighted by Gasteiger charge is 2.08. The molecule has 2 aromatic carbocycles. The molecule has 4 heteroatoms. The summed E-state index contributed by atoms with van der Waals surface area (Å²) in [5, 5.41) is 0.993. The van der Waals surface area contributed by atoms with E-state index in [1.165, 1.54) is 4.70 Å². The Kier molecular flexibility index (Phi) is 3.56. The summed E-state index contributed by atoms with van der Waals surface area (Å²) >= 11 is 1.68. The number of rotatable bonds is 4. The van der Waals surface area contributed by atoms with E-state index in [0.29, 0.717) is 12.3 Å². The summed E-state index contributed by atoms with van der Waals surface area (Å²) in [5.74, 6) is 0.739. The first-order valence-electron chi connectivity index (χ1n) is 6.66. The van der Waals surface area contributed by atoms with Gasteiger partial charge in [0.05, 0.1) is 22.5 Å². The minimum Gasteiger partial charge on any atom is -0.491 e. The van der Waals surface area contributed by atoms with Crippen molar-refractivity contribution in [1.82, 2.24) is 4.98 Å². The average molecular weight is 284 g/mol. The summed E-state index contributed by atoms with van der Waals surface area (Å²) in [6.45, 7) is 2.75. The number of para-hydroxylation sites is 1. The Morgan fingerprint density at radius 2 is 2.05 bits per heavy atom. The number of ether oxygens (including phenoxy) is 1. The number of hydrogen-bond donors (Lipinski definition) is 1. The molecule has 0 aliphatic carbocycles. The van der Waals surface area contributed by atoms with Crippen molar-refractivity contribution in [2.75, 3.05) is 12.3 Å². The first kappa shape index (κ1) is 12.9. The summed E-state index contributed by atoms with van der Waals surface area (Å²) in [4.78, 5) is 4.66. The normalized spacial score (nSPS) is 10.8. The van der Waals surface area contributed by atoms with Gasteiger partial charge in [0, 0.05) is 5.56 Å². The molecule has 0 saturated carbocycles. The number of anilines is 1. The van der Waals surface area contributed by atoms with Crippen LogP contribution in [0.5, 0.6) is 5.75 Å². The van der Waals surface area contributed by atoms with Crippen LogP contribution in [0.1, 0.15) is 13.3 Å². The highest BCUT2D eigenvalue weighted by molar-refractivity contribution is 7.21. The number of nitrogen functional groups attached to an aromatic ring is 1. The number of benzene rings is 2. The standard InChI is InChI=1S/C16H16N2OS/c1-2-9-19-14-10-11(7-8-12(14)17)16-18-13-5-3-4-6-15(13)20-16/h3-8,10H,2,9,17H2,1H3. The van der Waals surface area contributed by atoms with E-state index in [4.69, 9.17) is 10.5 Å². The fourth-order valence-electron chi connectivity index (χ4n) is 2.00. The molecule has 0 amide bonds. The van der Waals surface area contributed by atoms with Crippen molar-refractivity contribution in [2.24, 2.45) is 0 Å². The summed E-state index contributed by atoms with van der Waals surface area (Å²) in [6, 6.07) is 14.0. The van der Waals surface area contributed by atoms with E-state index in [9.17, 15) is 0 Å². The van der Waals surface area contributed by atoms with Gasteiger partial charge in [0.25, 0.3) is 0 Å². The molecule has 0 radical (unpaired) electrons. The lowest BCUT2D eigenvalue weighted by molar-refractivity contribution is 0.319. The van der Waals surface area contributed by atoms with Gasteiger partial charge < -0.3 is 10.5 Å². The Hall–Kier alpha value is -2.07. The molecule has 0 fully saturated rings. The molecule has 0 atom stereocenters. The van der Waals surface area contributed by atoms with Gasteiger partial charge in [0.15, 0.2) is 0 Å².